The molecule has 0 heterocycles. The number of carbonyl (C=O) groups excluding carboxylic acids is 1. The van der Waals surface area contributed by atoms with Crippen LogP contribution >= 0.6 is 0 Å². The molecule has 0 saturated carbocycles. The first-order valence-corrected chi connectivity index (χ1v) is 9.14. The van der Waals surface area contributed by atoms with Gasteiger partial charge in [0.05, 0.1) is 31.3 Å². The fraction of sp³-hybridized carbons (Fsp3) is 0.350. The summed E-state index contributed by atoms with van der Waals surface area (Å²) in [5.74, 6) is -0.356. The first-order chi connectivity index (χ1) is 14.6. The minimum atomic E-state index is -4.39. The lowest BCUT2D eigenvalue weighted by atomic mass is 10.1. The van der Waals surface area contributed by atoms with Gasteiger partial charge >= 0.3 is 6.18 Å². The normalized spacial score (nSPS) is 11.1. The molecule has 0 atom stereocenters. The molecular formula is C20H21F3N2O6. The molecule has 168 valence electrons. The van der Waals surface area contributed by atoms with E-state index < -0.39 is 29.3 Å². The lowest BCUT2D eigenvalue weighted by Crippen LogP contribution is -2.24. The summed E-state index contributed by atoms with van der Waals surface area (Å²) in [4.78, 5) is 23.2. The SMILES string of the molecule is CCOc1cc(C(=O)NCc2ccc(COCC(F)(F)F)cc2)c([N+](=O)[O-])cc1OC. The van der Waals surface area contributed by atoms with Gasteiger partial charge in [-0.15, -0.1) is 0 Å². The standard InChI is InChI=1S/C20H21F3N2O6/c1-3-31-18-8-15(16(25(27)28)9-17(18)29-2)19(26)24-10-13-4-6-14(7-5-13)11-30-12-20(21,22)23/h4-9H,3,10-12H2,1-2H3,(H,24,26). The van der Waals surface area contributed by atoms with Gasteiger partial charge in [-0.25, -0.2) is 0 Å². The Morgan fingerprint density at radius 1 is 1.13 bits per heavy atom. The predicted octanol–water partition coefficient (Wildman–Crippen LogP) is 4.01. The van der Waals surface area contributed by atoms with Crippen LogP contribution in [0.25, 0.3) is 0 Å². The van der Waals surface area contributed by atoms with Crippen molar-refractivity contribution in [2.75, 3.05) is 20.3 Å². The summed E-state index contributed by atoms with van der Waals surface area (Å²) in [5.41, 5.74) is 0.557. The van der Waals surface area contributed by atoms with Gasteiger partial charge in [0.15, 0.2) is 11.5 Å². The summed E-state index contributed by atoms with van der Waals surface area (Å²) in [6.07, 6.45) is -4.39. The first kappa shape index (κ1) is 23.9. The summed E-state index contributed by atoms with van der Waals surface area (Å²) >= 11 is 0. The van der Waals surface area contributed by atoms with Gasteiger partial charge in [-0.2, -0.15) is 13.2 Å². The number of nitrogens with zero attached hydrogens (tertiary/aromatic N) is 1. The second-order valence-corrected chi connectivity index (χ2v) is 6.32. The quantitative estimate of drug-likeness (QED) is 0.441. The third-order valence-electron chi connectivity index (χ3n) is 4.03. The molecule has 31 heavy (non-hydrogen) atoms. The number of hydrogen-bond donors (Lipinski definition) is 1. The lowest BCUT2D eigenvalue weighted by Gasteiger charge is -2.12. The number of benzene rings is 2. The van der Waals surface area contributed by atoms with Gasteiger partial charge in [-0.05, 0) is 18.1 Å². The number of nitro benzene ring substituents is 1. The van der Waals surface area contributed by atoms with E-state index in [-0.39, 0.29) is 36.8 Å². The van der Waals surface area contributed by atoms with Crippen molar-refractivity contribution >= 4 is 11.6 Å². The molecule has 0 saturated heterocycles. The zero-order chi connectivity index (χ0) is 23.0. The summed E-state index contributed by atoms with van der Waals surface area (Å²) in [6, 6.07) is 8.73. The van der Waals surface area contributed by atoms with E-state index in [1.54, 1.807) is 31.2 Å². The number of hydrogen-bond acceptors (Lipinski definition) is 6. The highest BCUT2D eigenvalue weighted by molar-refractivity contribution is 5.99. The van der Waals surface area contributed by atoms with E-state index in [1.807, 2.05) is 0 Å². The molecule has 0 aliphatic heterocycles. The Balaban J connectivity index is 2.06. The predicted molar refractivity (Wildman–Crippen MR) is 104 cm³/mol. The van der Waals surface area contributed by atoms with Gasteiger partial charge in [0.2, 0.25) is 0 Å². The smallest absolute Gasteiger partial charge is 0.411 e. The number of rotatable bonds is 10. The van der Waals surface area contributed by atoms with E-state index in [0.717, 1.165) is 6.07 Å². The molecule has 0 aromatic heterocycles. The Morgan fingerprint density at radius 3 is 2.32 bits per heavy atom. The van der Waals surface area contributed by atoms with E-state index in [1.165, 1.54) is 13.2 Å². The molecule has 0 unspecified atom stereocenters. The number of ether oxygens (including phenoxy) is 3. The van der Waals surface area contributed by atoms with Crippen LogP contribution in [0, 0.1) is 10.1 Å². The minimum absolute atomic E-state index is 0.0513. The molecule has 1 amide bonds. The Kier molecular flexibility index (Phi) is 8.20. The summed E-state index contributed by atoms with van der Waals surface area (Å²) < 4.78 is 51.3. The van der Waals surface area contributed by atoms with Crippen molar-refractivity contribution in [3.05, 3.63) is 63.2 Å². The Morgan fingerprint density at radius 2 is 1.77 bits per heavy atom. The Bertz CT molecular complexity index is 916. The molecule has 0 fully saturated rings. The zero-order valence-electron chi connectivity index (χ0n) is 16.8. The minimum Gasteiger partial charge on any atom is -0.493 e. The average molecular weight is 442 g/mol. The van der Waals surface area contributed by atoms with E-state index in [2.05, 4.69) is 10.1 Å². The van der Waals surface area contributed by atoms with Gasteiger partial charge in [-0.3, -0.25) is 14.9 Å². The van der Waals surface area contributed by atoms with Crippen LogP contribution in [0.3, 0.4) is 0 Å². The van der Waals surface area contributed by atoms with Crippen LogP contribution < -0.4 is 14.8 Å². The number of nitrogens with one attached hydrogen (secondary N) is 1. The van der Waals surface area contributed by atoms with Crippen LogP contribution in [0.2, 0.25) is 0 Å². The molecule has 2 rings (SSSR count). The number of halogens is 3. The number of alkyl halides is 3. The molecule has 8 nitrogen and oxygen atoms in total. The molecule has 11 heteroatoms. The van der Waals surface area contributed by atoms with Crippen molar-refractivity contribution in [1.29, 1.82) is 0 Å². The highest BCUT2D eigenvalue weighted by Gasteiger charge is 2.27. The molecule has 1 N–H and O–H groups in total. The van der Waals surface area contributed by atoms with Crippen molar-refractivity contribution < 1.29 is 37.1 Å². The fourth-order valence-electron chi connectivity index (χ4n) is 2.63. The van der Waals surface area contributed by atoms with Crippen molar-refractivity contribution in [3.63, 3.8) is 0 Å². The second kappa shape index (κ2) is 10.6. The highest BCUT2D eigenvalue weighted by Crippen LogP contribution is 2.34. The molecule has 0 bridgehead atoms. The molecule has 2 aromatic carbocycles. The van der Waals surface area contributed by atoms with Crippen molar-refractivity contribution in [3.8, 4) is 11.5 Å². The molecule has 0 aliphatic rings. The Hall–Kier alpha value is -3.34. The topological polar surface area (TPSA) is 99.9 Å². The van der Waals surface area contributed by atoms with Crippen LogP contribution in [-0.4, -0.2) is 37.3 Å². The van der Waals surface area contributed by atoms with E-state index >= 15 is 0 Å². The summed E-state index contributed by atoms with van der Waals surface area (Å²) in [7, 11) is 1.33. The van der Waals surface area contributed by atoms with Gasteiger partial charge in [0, 0.05) is 12.6 Å². The summed E-state index contributed by atoms with van der Waals surface area (Å²) in [5, 5.41) is 14.0. The van der Waals surface area contributed by atoms with Crippen LogP contribution in [0.4, 0.5) is 18.9 Å². The molecule has 0 spiro atoms. The maximum atomic E-state index is 12.6. The average Bonchev–Trinajstić information content (AvgIpc) is 2.71. The highest BCUT2D eigenvalue weighted by atomic mass is 19.4. The van der Waals surface area contributed by atoms with Crippen LogP contribution in [0.5, 0.6) is 11.5 Å². The molecule has 0 radical (unpaired) electrons. The monoisotopic (exact) mass is 442 g/mol. The zero-order valence-corrected chi connectivity index (χ0v) is 16.8. The van der Waals surface area contributed by atoms with E-state index in [0.29, 0.717) is 11.1 Å². The third-order valence-corrected chi connectivity index (χ3v) is 4.03. The largest absolute Gasteiger partial charge is 0.493 e. The number of amides is 1. The molecule has 0 aliphatic carbocycles. The van der Waals surface area contributed by atoms with Crippen LogP contribution in [0.1, 0.15) is 28.4 Å². The number of nitro groups is 1. The maximum absolute atomic E-state index is 12.6. The maximum Gasteiger partial charge on any atom is 0.411 e. The van der Waals surface area contributed by atoms with Gasteiger partial charge < -0.3 is 19.5 Å². The first-order valence-electron chi connectivity index (χ1n) is 9.14. The van der Waals surface area contributed by atoms with Crippen LogP contribution in [0.15, 0.2) is 36.4 Å². The second-order valence-electron chi connectivity index (χ2n) is 6.32. The summed E-state index contributed by atoms with van der Waals surface area (Å²) in [6.45, 7) is 0.502. The van der Waals surface area contributed by atoms with E-state index in [4.69, 9.17) is 9.47 Å². The molecular weight excluding hydrogens is 421 g/mol. The van der Waals surface area contributed by atoms with Gasteiger partial charge in [0.25, 0.3) is 11.6 Å². The lowest BCUT2D eigenvalue weighted by molar-refractivity contribution is -0.385. The Labute approximate surface area is 176 Å². The molecule has 2 aromatic rings. The van der Waals surface area contributed by atoms with Crippen molar-refractivity contribution in [2.45, 2.75) is 26.3 Å². The third kappa shape index (κ3) is 7.14. The van der Waals surface area contributed by atoms with E-state index in [9.17, 15) is 28.1 Å². The van der Waals surface area contributed by atoms with Crippen molar-refractivity contribution in [2.24, 2.45) is 0 Å². The van der Waals surface area contributed by atoms with Crippen LogP contribution in [-0.2, 0) is 17.9 Å². The number of methoxy groups -OCH3 is 1. The fourth-order valence-corrected chi connectivity index (χ4v) is 2.63. The van der Waals surface area contributed by atoms with Gasteiger partial charge in [0.1, 0.15) is 12.2 Å². The number of carbonyl (C=O) groups is 1. The van der Waals surface area contributed by atoms with Gasteiger partial charge in [-0.1, -0.05) is 24.3 Å². The van der Waals surface area contributed by atoms with Crippen molar-refractivity contribution in [1.82, 2.24) is 5.32 Å².